The zero-order valence-electron chi connectivity index (χ0n) is 11.9. The van der Waals surface area contributed by atoms with Gasteiger partial charge in [-0.15, -0.1) is 11.3 Å². The summed E-state index contributed by atoms with van der Waals surface area (Å²) in [6.45, 7) is 6.00. The molecule has 2 rings (SSSR count). The van der Waals surface area contributed by atoms with Crippen molar-refractivity contribution < 1.29 is 9.53 Å². The number of anilines is 1. The molecule has 0 aromatic carbocycles. The molecular formula is C14H19N3O2S. The van der Waals surface area contributed by atoms with Crippen molar-refractivity contribution in [3.8, 4) is 0 Å². The molecule has 0 aliphatic heterocycles. The fourth-order valence-electron chi connectivity index (χ4n) is 2.28. The Bertz CT molecular complexity index is 590. The number of carbonyl (C=O) groups excluding carboxylic acids is 1. The third kappa shape index (κ3) is 2.85. The smallest absolute Gasteiger partial charge is 0.360 e. The number of nitrogen functional groups attached to an aromatic ring is 1. The van der Waals surface area contributed by atoms with Crippen LogP contribution in [0.2, 0.25) is 0 Å². The normalized spacial score (nSPS) is 12.3. The van der Waals surface area contributed by atoms with Crippen molar-refractivity contribution >= 4 is 23.1 Å². The summed E-state index contributed by atoms with van der Waals surface area (Å²) < 4.78 is 6.86. The third-order valence-electron chi connectivity index (χ3n) is 3.11. The molecule has 0 amide bonds. The Balaban J connectivity index is 2.25. The van der Waals surface area contributed by atoms with E-state index in [4.69, 9.17) is 10.5 Å². The summed E-state index contributed by atoms with van der Waals surface area (Å²) in [4.78, 5) is 17.3. The molecule has 108 valence electrons. The fraction of sp³-hybridized carbons (Fsp3) is 0.429. The van der Waals surface area contributed by atoms with Gasteiger partial charge in [-0.3, -0.25) is 0 Å². The Kier molecular flexibility index (Phi) is 4.44. The van der Waals surface area contributed by atoms with Crippen LogP contribution in [0.5, 0.6) is 0 Å². The molecule has 0 fully saturated rings. The van der Waals surface area contributed by atoms with Gasteiger partial charge in [0.05, 0.1) is 6.61 Å². The van der Waals surface area contributed by atoms with Crippen molar-refractivity contribution in [2.24, 2.45) is 0 Å². The van der Waals surface area contributed by atoms with E-state index in [-0.39, 0.29) is 11.7 Å². The van der Waals surface area contributed by atoms with Crippen LogP contribution in [0.3, 0.4) is 0 Å². The SMILES string of the molecule is CCOC(=O)c1nc(C)n(C(C)Cc2cccs2)c1N. The Morgan fingerprint density at radius 2 is 2.35 bits per heavy atom. The number of aromatic nitrogens is 2. The molecule has 1 unspecified atom stereocenters. The van der Waals surface area contributed by atoms with Gasteiger partial charge in [0.2, 0.25) is 0 Å². The van der Waals surface area contributed by atoms with E-state index in [0.717, 1.165) is 12.2 Å². The van der Waals surface area contributed by atoms with Gasteiger partial charge >= 0.3 is 5.97 Å². The van der Waals surface area contributed by atoms with Crippen molar-refractivity contribution in [1.82, 2.24) is 9.55 Å². The maximum atomic E-state index is 11.8. The van der Waals surface area contributed by atoms with Gasteiger partial charge in [-0.1, -0.05) is 6.07 Å². The molecule has 2 N–H and O–H groups in total. The van der Waals surface area contributed by atoms with Crippen molar-refractivity contribution in [3.05, 3.63) is 33.9 Å². The first-order valence-corrected chi connectivity index (χ1v) is 7.46. The van der Waals surface area contributed by atoms with Crippen LogP contribution < -0.4 is 5.73 Å². The molecule has 2 aromatic heterocycles. The molecular weight excluding hydrogens is 274 g/mol. The number of hydrogen-bond donors (Lipinski definition) is 1. The number of esters is 1. The predicted octanol–water partition coefficient (Wildman–Crippen LogP) is 2.82. The Morgan fingerprint density at radius 3 is 2.95 bits per heavy atom. The molecule has 0 spiro atoms. The number of nitrogens with two attached hydrogens (primary N) is 1. The van der Waals surface area contributed by atoms with Gasteiger partial charge in [0, 0.05) is 17.3 Å². The number of imidazole rings is 1. The van der Waals surface area contributed by atoms with E-state index in [1.807, 2.05) is 17.6 Å². The monoisotopic (exact) mass is 293 g/mol. The minimum Gasteiger partial charge on any atom is -0.461 e. The summed E-state index contributed by atoms with van der Waals surface area (Å²) in [5, 5.41) is 2.05. The van der Waals surface area contributed by atoms with Gasteiger partial charge in [0.25, 0.3) is 0 Å². The second kappa shape index (κ2) is 6.09. The second-order valence-corrected chi connectivity index (χ2v) is 5.65. The van der Waals surface area contributed by atoms with Crippen LogP contribution in [0.25, 0.3) is 0 Å². The topological polar surface area (TPSA) is 70.1 Å². The molecule has 20 heavy (non-hydrogen) atoms. The summed E-state index contributed by atoms with van der Waals surface area (Å²) >= 11 is 1.71. The number of hydrogen-bond acceptors (Lipinski definition) is 5. The predicted molar refractivity (Wildman–Crippen MR) is 80.1 cm³/mol. The van der Waals surface area contributed by atoms with Crippen LogP contribution in [0, 0.1) is 6.92 Å². The van der Waals surface area contributed by atoms with E-state index in [2.05, 4.69) is 23.4 Å². The molecule has 0 radical (unpaired) electrons. The highest BCUT2D eigenvalue weighted by Crippen LogP contribution is 2.25. The lowest BCUT2D eigenvalue weighted by molar-refractivity contribution is 0.0521. The van der Waals surface area contributed by atoms with Crippen molar-refractivity contribution in [2.75, 3.05) is 12.3 Å². The van der Waals surface area contributed by atoms with E-state index >= 15 is 0 Å². The molecule has 1 atom stereocenters. The average Bonchev–Trinajstić information content (AvgIpc) is 2.98. The average molecular weight is 293 g/mol. The van der Waals surface area contributed by atoms with Crippen LogP contribution >= 0.6 is 11.3 Å². The molecule has 0 saturated carbocycles. The maximum Gasteiger partial charge on any atom is 0.360 e. The molecule has 0 bridgehead atoms. The van der Waals surface area contributed by atoms with Gasteiger partial charge in [-0.25, -0.2) is 9.78 Å². The summed E-state index contributed by atoms with van der Waals surface area (Å²) in [7, 11) is 0. The van der Waals surface area contributed by atoms with Crippen molar-refractivity contribution in [3.63, 3.8) is 0 Å². The zero-order chi connectivity index (χ0) is 14.7. The first kappa shape index (κ1) is 14.6. The quantitative estimate of drug-likeness (QED) is 0.861. The van der Waals surface area contributed by atoms with Gasteiger partial charge in [0.1, 0.15) is 11.6 Å². The zero-order valence-corrected chi connectivity index (χ0v) is 12.7. The van der Waals surface area contributed by atoms with Crippen LogP contribution in [0.1, 0.15) is 41.1 Å². The number of rotatable bonds is 5. The molecule has 0 aliphatic rings. The molecule has 2 heterocycles. The standard InChI is InChI=1S/C14H19N3O2S/c1-4-19-14(18)12-13(15)17(10(3)16-12)9(2)8-11-6-5-7-20-11/h5-7,9H,4,8,15H2,1-3H3. The number of ether oxygens (including phenoxy) is 1. The van der Waals surface area contributed by atoms with E-state index in [1.165, 1.54) is 4.88 Å². The lowest BCUT2D eigenvalue weighted by atomic mass is 10.2. The van der Waals surface area contributed by atoms with E-state index < -0.39 is 5.97 Å². The number of thiophene rings is 1. The highest BCUT2D eigenvalue weighted by atomic mass is 32.1. The van der Waals surface area contributed by atoms with Crippen LogP contribution in [-0.2, 0) is 11.2 Å². The summed E-state index contributed by atoms with van der Waals surface area (Å²) in [5.74, 6) is 0.648. The number of aryl methyl sites for hydroxylation is 1. The van der Waals surface area contributed by atoms with Crippen molar-refractivity contribution in [2.45, 2.75) is 33.2 Å². The Labute approximate surface area is 122 Å². The van der Waals surface area contributed by atoms with Gasteiger partial charge in [-0.2, -0.15) is 0 Å². The van der Waals surface area contributed by atoms with Crippen LogP contribution in [0.15, 0.2) is 17.5 Å². The van der Waals surface area contributed by atoms with E-state index in [1.54, 1.807) is 18.3 Å². The lowest BCUT2D eigenvalue weighted by Gasteiger charge is -2.16. The third-order valence-corrected chi connectivity index (χ3v) is 4.01. The lowest BCUT2D eigenvalue weighted by Crippen LogP contribution is -2.14. The van der Waals surface area contributed by atoms with Gasteiger partial charge in [-0.05, 0) is 32.2 Å². The summed E-state index contributed by atoms with van der Waals surface area (Å²) in [5.41, 5.74) is 6.28. The largest absolute Gasteiger partial charge is 0.461 e. The van der Waals surface area contributed by atoms with E-state index in [0.29, 0.717) is 12.4 Å². The number of carbonyl (C=O) groups is 1. The van der Waals surface area contributed by atoms with Gasteiger partial charge < -0.3 is 15.0 Å². The minimum atomic E-state index is -0.463. The van der Waals surface area contributed by atoms with Crippen molar-refractivity contribution in [1.29, 1.82) is 0 Å². The molecule has 6 heteroatoms. The van der Waals surface area contributed by atoms with Crippen LogP contribution in [0.4, 0.5) is 5.82 Å². The first-order valence-electron chi connectivity index (χ1n) is 6.58. The van der Waals surface area contributed by atoms with E-state index in [9.17, 15) is 4.79 Å². The molecule has 0 saturated heterocycles. The highest BCUT2D eigenvalue weighted by Gasteiger charge is 2.22. The highest BCUT2D eigenvalue weighted by molar-refractivity contribution is 7.09. The maximum absolute atomic E-state index is 11.8. The fourth-order valence-corrected chi connectivity index (χ4v) is 3.11. The minimum absolute atomic E-state index is 0.143. The first-order chi connectivity index (χ1) is 9.54. The second-order valence-electron chi connectivity index (χ2n) is 4.62. The molecule has 5 nitrogen and oxygen atoms in total. The summed E-state index contributed by atoms with van der Waals surface area (Å²) in [6, 6.07) is 4.26. The molecule has 0 aliphatic carbocycles. The Morgan fingerprint density at radius 1 is 1.60 bits per heavy atom. The summed E-state index contributed by atoms with van der Waals surface area (Å²) in [6.07, 6.45) is 0.862. The molecule has 2 aromatic rings. The Hall–Kier alpha value is -1.82. The van der Waals surface area contributed by atoms with Gasteiger partial charge in [0.15, 0.2) is 5.69 Å². The van der Waals surface area contributed by atoms with Crippen LogP contribution in [-0.4, -0.2) is 22.1 Å². The number of nitrogens with zero attached hydrogens (tertiary/aromatic N) is 2.